The molecule has 0 radical (unpaired) electrons. The second-order valence-corrected chi connectivity index (χ2v) is 36.3. The lowest BCUT2D eigenvalue weighted by Gasteiger charge is -2.36. The van der Waals surface area contributed by atoms with Crippen LogP contribution in [-0.4, -0.2) is 313 Å². The Kier molecular flexibility index (Phi) is 40.5. The van der Waals surface area contributed by atoms with Gasteiger partial charge in [0.2, 0.25) is 100 Å². The molecule has 137 heavy (non-hydrogen) atoms. The number of nitrogens with two attached hydrogens (primary N) is 3. The van der Waals surface area contributed by atoms with Gasteiger partial charge in [-0.15, -0.1) is 11.8 Å². The zero-order valence-corrected chi connectivity index (χ0v) is 79.7. The van der Waals surface area contributed by atoms with Gasteiger partial charge in [0.15, 0.2) is 5.96 Å². The van der Waals surface area contributed by atoms with Crippen LogP contribution >= 0.6 is 11.8 Å². The predicted molar refractivity (Wildman–Crippen MR) is 508 cm³/mol. The maximum absolute atomic E-state index is 15.8. The minimum atomic E-state index is -1.85. The third-order valence-electron chi connectivity index (χ3n) is 24.8. The number of aromatic nitrogens is 4. The van der Waals surface area contributed by atoms with Crippen LogP contribution in [0.25, 0.3) is 21.8 Å². The number of methoxy groups -OCH3 is 1. The Labute approximate surface area is 798 Å². The van der Waals surface area contributed by atoms with Crippen molar-refractivity contribution in [3.63, 3.8) is 0 Å². The fourth-order valence-electron chi connectivity index (χ4n) is 17.2. The number of carbonyl (C=O) groups is 17. The van der Waals surface area contributed by atoms with Crippen LogP contribution in [0, 0.1) is 11.3 Å². The van der Waals surface area contributed by atoms with Gasteiger partial charge in [-0.3, -0.25) is 86.9 Å². The van der Waals surface area contributed by atoms with E-state index in [9.17, 15) is 38.7 Å². The Morgan fingerprint density at radius 3 is 1.62 bits per heavy atom. The Morgan fingerprint density at radius 1 is 0.533 bits per heavy atom. The third-order valence-corrected chi connectivity index (χ3v) is 25.8. The van der Waals surface area contributed by atoms with Crippen LogP contribution in [-0.2, 0) is 107 Å². The summed E-state index contributed by atoms with van der Waals surface area (Å²) in [5.74, 6) is -16.5. The summed E-state index contributed by atoms with van der Waals surface area (Å²) in [6.45, 7) is 6.73. The number of guanidine groups is 1. The molecule has 3 aliphatic heterocycles. The van der Waals surface area contributed by atoms with E-state index in [1.54, 1.807) is 99.0 Å². The number of aliphatic hydroxyl groups is 1. The number of H-pyrrole nitrogens is 3. The van der Waals surface area contributed by atoms with Gasteiger partial charge in [-0.05, 0) is 118 Å². The molecule has 9 rings (SSSR count). The molecule has 1 unspecified atom stereocenters. The van der Waals surface area contributed by atoms with Crippen LogP contribution in [0.2, 0.25) is 0 Å². The summed E-state index contributed by atoms with van der Waals surface area (Å²) in [5.41, 5.74) is 20.2. The molecule has 0 spiro atoms. The summed E-state index contributed by atoms with van der Waals surface area (Å²) in [7, 11) is 5.42. The maximum atomic E-state index is 15.8. The van der Waals surface area contributed by atoms with Crippen LogP contribution in [0.3, 0.4) is 0 Å². The number of primary amides is 2. The molecule has 0 aliphatic carbocycles. The fraction of sp³-hybridized carbons (Fsp3) is 0.538. The van der Waals surface area contributed by atoms with Gasteiger partial charge in [0.1, 0.15) is 90.3 Å². The van der Waals surface area contributed by atoms with Crippen molar-refractivity contribution in [2.45, 2.75) is 241 Å². The van der Waals surface area contributed by atoms with Crippen molar-refractivity contribution in [1.29, 1.82) is 5.41 Å². The Balaban J connectivity index is 1.10. The highest BCUT2D eigenvalue weighted by Gasteiger charge is 2.46. The number of benzene rings is 3. The first-order valence-electron chi connectivity index (χ1n) is 46.4. The van der Waals surface area contributed by atoms with Crippen LogP contribution in [0.15, 0.2) is 97.7 Å². The Morgan fingerprint density at radius 2 is 1.05 bits per heavy atom. The van der Waals surface area contributed by atoms with Gasteiger partial charge >= 0.3 is 0 Å². The van der Waals surface area contributed by atoms with Crippen molar-refractivity contribution in [3.05, 3.63) is 120 Å². The molecular weight excluding hydrogens is 1790 g/mol. The number of imidazole rings is 1. The Bertz CT molecular complexity index is 5260. The standard InChI is InChI=1S/C93H132N24O19S/c1-10-12-29-71-85(128)105-62(28-20-36-99-93(96)97)81(124)112-70(80(123)102-47-77(95)120)49-137-50-78(121)104-63(35-34-54-23-14-19-33-75(54)136-9)88(131)113(6)53(5)79(122)108-68(43-76(94)119)91(134)117-38-22-32-73(117)87(130)107-65(42-57-46-98-51-103-57)83(126)109-66(39-52(3)4)90(133)116-37-21-31-72(116)86(129)106-64(40-55-44-100-60-26-17-15-24-58(55)60)82(125)111-69(48-118)84(127)110-67(41-56-45-101-61-27-18-16-25-59(56)61)89(132)115(8)74(30-13-11-2)92(135)114(71)7/h14-19,23-27,33,44-46,51-53,62-74,100-101,118H,10-13,20-22,28-32,34-43,47-50H2,1-9H3,(H2,94,119)(H2,95,120)(H,98,103)(H,102,123)(H,104,121)(H,105,128)(H,106,129)(H,107,130)(H,108,122)(H,109,126)(H,110,127)(H,111,125)(H,112,124)(H4,96,97,99)/t53-,62-,63-,64-,65-,66-,67-,68-,69-,70-,71-,72?,73-,74-/m0/s1. The summed E-state index contributed by atoms with van der Waals surface area (Å²) in [4.78, 5) is 270. The van der Waals surface area contributed by atoms with Gasteiger partial charge in [-0.1, -0.05) is 108 Å². The molecule has 6 aromatic rings. The van der Waals surface area contributed by atoms with E-state index >= 15 is 47.9 Å². The van der Waals surface area contributed by atoms with Crippen LogP contribution in [0.1, 0.15) is 153 Å². The number of ether oxygens (including phenoxy) is 1. The van der Waals surface area contributed by atoms with E-state index in [1.165, 1.54) is 52.6 Å². The number of rotatable bonds is 28. The molecule has 3 aliphatic rings. The van der Waals surface area contributed by atoms with Gasteiger partial charge in [0.05, 0.1) is 38.8 Å². The highest BCUT2D eigenvalue weighted by atomic mass is 32.2. The summed E-state index contributed by atoms with van der Waals surface area (Å²) in [5, 5.41) is 50.0. The average Bonchev–Trinajstić information content (AvgIpc) is 1.80. The first kappa shape index (κ1) is 107. The summed E-state index contributed by atoms with van der Waals surface area (Å²) >= 11 is 0.792. The molecule has 0 bridgehead atoms. The molecule has 3 fully saturated rings. The first-order valence-corrected chi connectivity index (χ1v) is 47.5. The molecule has 14 atom stereocenters. The first-order chi connectivity index (χ1) is 65.4. The fourth-order valence-corrected chi connectivity index (χ4v) is 18.0. The second-order valence-electron chi connectivity index (χ2n) is 35.3. The number of likely N-dealkylation sites (N-methyl/N-ethyl adjacent to an activating group) is 3. The molecule has 44 heteroatoms. The number of hydrogen-bond donors (Lipinski definition) is 19. The van der Waals surface area contributed by atoms with E-state index in [4.69, 9.17) is 27.3 Å². The van der Waals surface area contributed by atoms with Crippen molar-refractivity contribution < 1.29 is 91.4 Å². The number of para-hydroxylation sites is 3. The SMILES string of the molecule is CCCC[C@H]1C(=O)N(C)[C@@H](CCCC)C(=O)N[C@@H](CCCNC(=N)N)C(=O)N[C@H](C(=O)NCC(N)=O)CSCC(=O)N[C@@H](CCc2ccccc2OC)C(=O)N(C)[C@@H](C)C(=O)N[C@@H](CC(N)=O)C(=O)N2CCC[C@H]2C(=O)N[C@@H](Cc2cnc[nH]2)C(=O)N[C@@H](CC(C)C)C(=O)N2CCCC2C(=O)N[C@@H](Cc2c[nH]c3ccccc23)C(=O)N[C@@H](CO)C(=O)N[C@@H](Cc2c[nH]c3ccccc23)C(=O)N1C. The molecular formula is C93H132N24O19S. The zero-order valence-electron chi connectivity index (χ0n) is 78.9. The number of hydrogen-bond acceptors (Lipinski definition) is 22. The van der Waals surface area contributed by atoms with E-state index in [-0.39, 0.29) is 115 Å². The molecule has 3 aromatic carbocycles. The average molecular weight is 1920 g/mol. The highest BCUT2D eigenvalue weighted by molar-refractivity contribution is 8.00. The van der Waals surface area contributed by atoms with Gasteiger partial charge in [-0.25, -0.2) is 4.98 Å². The number of thioether (sulfide) groups is 1. The van der Waals surface area contributed by atoms with E-state index < -0.39 is 222 Å². The summed E-state index contributed by atoms with van der Waals surface area (Å²) in [6, 6.07) is 0.0911. The van der Waals surface area contributed by atoms with Gasteiger partial charge < -0.3 is 125 Å². The van der Waals surface area contributed by atoms with Gasteiger partial charge in [0, 0.05) is 112 Å². The number of nitrogens with one attached hydrogen (secondary N) is 15. The smallest absolute Gasteiger partial charge is 0.246 e. The number of aryl methyl sites for hydroxylation is 1. The number of nitrogens with zero attached hydrogens (tertiary/aromatic N) is 6. The number of unbranched alkanes of at least 4 members (excludes halogenated alkanes) is 2. The van der Waals surface area contributed by atoms with Crippen molar-refractivity contribution in [2.75, 3.05) is 72.5 Å². The Hall–Kier alpha value is -13.7. The van der Waals surface area contributed by atoms with Crippen LogP contribution < -0.4 is 80.4 Å². The second kappa shape index (κ2) is 51.9. The van der Waals surface area contributed by atoms with Crippen molar-refractivity contribution >= 4 is 140 Å². The monoisotopic (exact) mass is 1920 g/mol. The molecule has 3 saturated heterocycles. The molecule has 22 N–H and O–H groups in total. The van der Waals surface area contributed by atoms with E-state index in [0.717, 1.165) is 31.4 Å². The van der Waals surface area contributed by atoms with E-state index in [1.807, 2.05) is 13.8 Å². The number of amides is 17. The highest BCUT2D eigenvalue weighted by Crippen LogP contribution is 2.29. The van der Waals surface area contributed by atoms with Crippen molar-refractivity contribution in [1.82, 2.24) is 103 Å². The normalized spacial score (nSPS) is 24.0. The number of carbonyl (C=O) groups excluding carboxylic acids is 17. The lowest BCUT2D eigenvalue weighted by Crippen LogP contribution is -2.62. The van der Waals surface area contributed by atoms with Gasteiger partial charge in [0.25, 0.3) is 0 Å². The summed E-state index contributed by atoms with van der Waals surface area (Å²) < 4.78 is 5.60. The molecule has 43 nitrogen and oxygen atoms in total. The van der Waals surface area contributed by atoms with Crippen molar-refractivity contribution in [3.8, 4) is 5.75 Å². The number of aliphatic hydroxyl groups excluding tert-OH is 1. The summed E-state index contributed by atoms with van der Waals surface area (Å²) in [6.07, 6.45) is 6.54. The van der Waals surface area contributed by atoms with Crippen molar-refractivity contribution in [2.24, 2.45) is 23.1 Å². The van der Waals surface area contributed by atoms with E-state index in [2.05, 4.69) is 78.4 Å². The molecule has 0 saturated carbocycles. The number of aromatic amines is 3. The zero-order chi connectivity index (χ0) is 99.9. The molecule has 6 heterocycles. The lowest BCUT2D eigenvalue weighted by atomic mass is 10.00. The predicted octanol–water partition coefficient (Wildman–Crippen LogP) is -1.21. The lowest BCUT2D eigenvalue weighted by molar-refractivity contribution is -0.149. The topological polar surface area (TPSA) is 630 Å². The van der Waals surface area contributed by atoms with Gasteiger partial charge in [-0.2, -0.15) is 0 Å². The third kappa shape index (κ3) is 29.9. The molecule has 744 valence electrons. The quantitative estimate of drug-likeness (QED) is 0.0156. The molecule has 17 amide bonds. The minimum Gasteiger partial charge on any atom is -0.496 e. The molecule has 3 aromatic heterocycles. The van der Waals surface area contributed by atoms with E-state index in [0.29, 0.717) is 75.6 Å². The number of fused-ring (bicyclic) bond motifs is 4. The minimum absolute atomic E-state index is 0.00221. The maximum Gasteiger partial charge on any atom is 0.246 e. The van der Waals surface area contributed by atoms with Crippen LogP contribution in [0.4, 0.5) is 0 Å². The largest absolute Gasteiger partial charge is 0.496 e. The van der Waals surface area contributed by atoms with Crippen LogP contribution in [0.5, 0.6) is 5.75 Å².